The Morgan fingerprint density at radius 2 is 1.89 bits per heavy atom. The molecule has 0 bridgehead atoms. The lowest BCUT2D eigenvalue weighted by molar-refractivity contribution is -0.119. The average Bonchev–Trinajstić information content (AvgIpc) is 2.68. The number of H-pyrrole nitrogens is 1. The maximum absolute atomic E-state index is 13.0. The van der Waals surface area contributed by atoms with Gasteiger partial charge in [0.15, 0.2) is 0 Å². The monoisotopic (exact) mass is 441 g/mol. The number of piperidine rings is 1. The van der Waals surface area contributed by atoms with Crippen LogP contribution in [0.5, 0.6) is 0 Å². The van der Waals surface area contributed by atoms with Crippen LogP contribution in [0.3, 0.4) is 0 Å². The molecule has 0 aliphatic carbocycles. The van der Waals surface area contributed by atoms with Crippen LogP contribution >= 0.6 is 15.9 Å². The van der Waals surface area contributed by atoms with Crippen LogP contribution in [-0.4, -0.2) is 29.0 Å². The molecule has 2 aliphatic rings. The van der Waals surface area contributed by atoms with E-state index in [0.29, 0.717) is 17.4 Å². The van der Waals surface area contributed by atoms with Gasteiger partial charge in [0.05, 0.1) is 11.6 Å². The van der Waals surface area contributed by atoms with Crippen molar-refractivity contribution < 1.29 is 4.79 Å². The first-order valence-corrected chi connectivity index (χ1v) is 10.1. The molecule has 144 valence electrons. The third-order valence-electron chi connectivity index (χ3n) is 5.56. The Balaban J connectivity index is 1.80. The van der Waals surface area contributed by atoms with E-state index in [-0.39, 0.29) is 11.4 Å². The van der Waals surface area contributed by atoms with Gasteiger partial charge in [-0.1, -0.05) is 35.0 Å². The van der Waals surface area contributed by atoms with Gasteiger partial charge in [0.25, 0.3) is 5.56 Å². The number of halogens is 1. The van der Waals surface area contributed by atoms with Crippen molar-refractivity contribution in [2.45, 2.75) is 25.7 Å². The molecule has 1 aromatic heterocycles. The molecule has 2 atom stereocenters. The van der Waals surface area contributed by atoms with Crippen LogP contribution in [0.4, 0.5) is 11.8 Å². The smallest absolute Gasteiger partial charge is 0.258 e. The number of carbonyl (C=O) groups excluding carboxylic acids is 1. The highest BCUT2D eigenvalue weighted by molar-refractivity contribution is 9.10. The average molecular weight is 442 g/mol. The molecular weight excluding hydrogens is 422 g/mol. The van der Waals surface area contributed by atoms with Crippen molar-refractivity contribution in [3.8, 4) is 6.07 Å². The van der Waals surface area contributed by atoms with Crippen LogP contribution in [-0.2, 0) is 4.79 Å². The lowest BCUT2D eigenvalue weighted by atomic mass is 9.79. The maximum atomic E-state index is 13.0. The number of aromatic amines is 1. The lowest BCUT2D eigenvalue weighted by Gasteiger charge is -2.33. The van der Waals surface area contributed by atoms with E-state index in [1.54, 1.807) is 0 Å². The molecule has 7 nitrogen and oxygen atoms in total. The van der Waals surface area contributed by atoms with Crippen molar-refractivity contribution in [3.05, 3.63) is 50.2 Å². The quantitative estimate of drug-likeness (QED) is 0.745. The Hall–Kier alpha value is -2.66. The van der Waals surface area contributed by atoms with Gasteiger partial charge < -0.3 is 10.2 Å². The number of nitrogens with zero attached hydrogens (tertiary/aromatic N) is 3. The SMILES string of the molecule is CC1CCN(c2nc3c(c(=O)[nH]2)C(c2ccc(Br)cc2)C(C#N)C(=O)N3)CC1. The van der Waals surface area contributed by atoms with E-state index in [1.165, 1.54) is 0 Å². The second-order valence-electron chi connectivity index (χ2n) is 7.45. The minimum Gasteiger partial charge on any atom is -0.342 e. The first-order chi connectivity index (χ1) is 13.5. The summed E-state index contributed by atoms with van der Waals surface area (Å²) in [6, 6.07) is 9.36. The van der Waals surface area contributed by atoms with E-state index in [4.69, 9.17) is 0 Å². The van der Waals surface area contributed by atoms with E-state index in [1.807, 2.05) is 29.2 Å². The molecule has 1 fully saturated rings. The molecule has 1 aromatic carbocycles. The largest absolute Gasteiger partial charge is 0.342 e. The summed E-state index contributed by atoms with van der Waals surface area (Å²) in [5.74, 6) is -0.702. The van der Waals surface area contributed by atoms with Crippen molar-refractivity contribution in [1.82, 2.24) is 9.97 Å². The number of hydrogen-bond donors (Lipinski definition) is 2. The summed E-state index contributed by atoms with van der Waals surface area (Å²) in [6.07, 6.45) is 2.07. The Morgan fingerprint density at radius 1 is 1.21 bits per heavy atom. The zero-order valence-corrected chi connectivity index (χ0v) is 17.0. The van der Waals surface area contributed by atoms with Gasteiger partial charge in [-0.25, -0.2) is 0 Å². The van der Waals surface area contributed by atoms with Gasteiger partial charge in [-0.3, -0.25) is 14.6 Å². The molecule has 2 aliphatic heterocycles. The van der Waals surface area contributed by atoms with Gasteiger partial charge in [0.2, 0.25) is 11.9 Å². The van der Waals surface area contributed by atoms with E-state index in [0.717, 1.165) is 36.0 Å². The van der Waals surface area contributed by atoms with Gasteiger partial charge in [0.1, 0.15) is 11.7 Å². The van der Waals surface area contributed by atoms with Crippen LogP contribution < -0.4 is 15.8 Å². The van der Waals surface area contributed by atoms with Crippen LogP contribution in [0.2, 0.25) is 0 Å². The summed E-state index contributed by atoms with van der Waals surface area (Å²) >= 11 is 3.39. The third kappa shape index (κ3) is 3.31. The first kappa shape index (κ1) is 18.7. The molecule has 8 heteroatoms. The lowest BCUT2D eigenvalue weighted by Crippen LogP contribution is -2.40. The Kier molecular flexibility index (Phi) is 4.94. The molecule has 1 amide bonds. The fourth-order valence-corrected chi connectivity index (χ4v) is 4.16. The number of carbonyl (C=O) groups is 1. The topological polar surface area (TPSA) is 102 Å². The summed E-state index contributed by atoms with van der Waals surface area (Å²) < 4.78 is 0.881. The molecule has 0 spiro atoms. The summed E-state index contributed by atoms with van der Waals surface area (Å²) in [4.78, 5) is 35.1. The number of fused-ring (bicyclic) bond motifs is 1. The van der Waals surface area contributed by atoms with Crippen molar-refractivity contribution in [2.24, 2.45) is 11.8 Å². The Morgan fingerprint density at radius 3 is 2.54 bits per heavy atom. The minimum absolute atomic E-state index is 0.252. The summed E-state index contributed by atoms with van der Waals surface area (Å²) in [5.41, 5.74) is 0.757. The van der Waals surface area contributed by atoms with Gasteiger partial charge >= 0.3 is 0 Å². The van der Waals surface area contributed by atoms with E-state index >= 15 is 0 Å². The van der Waals surface area contributed by atoms with Crippen LogP contribution in [0.25, 0.3) is 0 Å². The zero-order valence-electron chi connectivity index (χ0n) is 15.4. The maximum Gasteiger partial charge on any atom is 0.258 e. The highest BCUT2D eigenvalue weighted by Crippen LogP contribution is 2.38. The second kappa shape index (κ2) is 7.40. The highest BCUT2D eigenvalue weighted by Gasteiger charge is 2.40. The molecular formula is C20H20BrN5O2. The Labute approximate surface area is 170 Å². The molecule has 2 N–H and O–H groups in total. The molecule has 3 heterocycles. The standard InChI is InChI=1S/C20H20BrN5O2/c1-11-6-8-26(9-7-11)20-24-17-16(19(28)25-20)15(14(10-22)18(27)23-17)12-2-4-13(21)5-3-12/h2-5,11,14-15H,6-9H2,1H3,(H2,23,24,25,27,28). The number of aromatic nitrogens is 2. The van der Waals surface area contributed by atoms with E-state index < -0.39 is 17.7 Å². The highest BCUT2D eigenvalue weighted by atomic mass is 79.9. The fraction of sp³-hybridized carbons (Fsp3) is 0.400. The predicted molar refractivity (Wildman–Crippen MR) is 109 cm³/mol. The summed E-state index contributed by atoms with van der Waals surface area (Å²) in [7, 11) is 0. The van der Waals surface area contributed by atoms with E-state index in [9.17, 15) is 14.9 Å². The van der Waals surface area contributed by atoms with Gasteiger partial charge in [0, 0.05) is 23.5 Å². The summed E-state index contributed by atoms with van der Waals surface area (Å²) in [6.45, 7) is 3.84. The number of nitriles is 1. The fourth-order valence-electron chi connectivity index (χ4n) is 3.90. The van der Waals surface area contributed by atoms with Gasteiger partial charge in [-0.2, -0.15) is 10.2 Å². The number of hydrogen-bond acceptors (Lipinski definition) is 5. The number of anilines is 2. The van der Waals surface area contributed by atoms with Gasteiger partial charge in [-0.15, -0.1) is 0 Å². The molecule has 2 aromatic rings. The molecule has 0 saturated carbocycles. The van der Waals surface area contributed by atoms with Crippen LogP contribution in [0.15, 0.2) is 33.5 Å². The minimum atomic E-state index is -0.988. The number of rotatable bonds is 2. The molecule has 2 unspecified atom stereocenters. The summed E-state index contributed by atoms with van der Waals surface area (Å²) in [5, 5.41) is 12.3. The first-order valence-electron chi connectivity index (χ1n) is 9.33. The van der Waals surface area contributed by atoms with Crippen molar-refractivity contribution in [3.63, 3.8) is 0 Å². The zero-order chi connectivity index (χ0) is 19.8. The molecule has 1 saturated heterocycles. The van der Waals surface area contributed by atoms with E-state index in [2.05, 4.69) is 44.2 Å². The molecule has 0 radical (unpaired) electrons. The third-order valence-corrected chi connectivity index (χ3v) is 6.09. The van der Waals surface area contributed by atoms with Crippen LogP contribution in [0.1, 0.15) is 36.8 Å². The molecule has 4 rings (SSSR count). The predicted octanol–water partition coefficient (Wildman–Crippen LogP) is 2.99. The van der Waals surface area contributed by atoms with Crippen molar-refractivity contribution in [2.75, 3.05) is 23.3 Å². The van der Waals surface area contributed by atoms with Crippen molar-refractivity contribution >= 4 is 33.6 Å². The number of nitrogens with one attached hydrogen (secondary N) is 2. The number of benzene rings is 1. The number of amides is 1. The second-order valence-corrected chi connectivity index (χ2v) is 8.36. The van der Waals surface area contributed by atoms with Gasteiger partial charge in [-0.05, 0) is 36.5 Å². The Bertz CT molecular complexity index is 1000. The molecule has 28 heavy (non-hydrogen) atoms. The van der Waals surface area contributed by atoms with Crippen molar-refractivity contribution in [1.29, 1.82) is 5.26 Å². The normalized spacial score (nSPS) is 22.3. The van der Waals surface area contributed by atoms with Crippen LogP contribution in [0, 0.1) is 23.2 Å².